The van der Waals surface area contributed by atoms with Crippen LogP contribution in [0.5, 0.6) is 11.5 Å². The smallest absolute Gasteiger partial charge is 0.253 e. The lowest BCUT2D eigenvalue weighted by Crippen LogP contribution is -2.28. The van der Waals surface area contributed by atoms with Crippen LogP contribution in [0.1, 0.15) is 35.3 Å². The molecule has 0 aromatic heterocycles. The van der Waals surface area contributed by atoms with Crippen LogP contribution in [0.25, 0.3) is 0 Å². The van der Waals surface area contributed by atoms with Crippen LogP contribution in [0.4, 0.5) is 0 Å². The van der Waals surface area contributed by atoms with E-state index in [2.05, 4.69) is 21.2 Å². The van der Waals surface area contributed by atoms with E-state index in [4.69, 9.17) is 9.47 Å². The van der Waals surface area contributed by atoms with Crippen molar-refractivity contribution >= 4 is 21.8 Å². The number of nitrogens with one attached hydrogen (secondary N) is 1. The number of halogens is 1. The van der Waals surface area contributed by atoms with Crippen LogP contribution in [-0.4, -0.2) is 20.1 Å². The second kappa shape index (κ2) is 8.02. The zero-order valence-electron chi connectivity index (χ0n) is 13.4. The van der Waals surface area contributed by atoms with Crippen LogP contribution < -0.4 is 14.8 Å². The van der Waals surface area contributed by atoms with E-state index in [1.54, 1.807) is 20.3 Å². The largest absolute Gasteiger partial charge is 0.497 e. The second-order valence-electron chi connectivity index (χ2n) is 5.05. The molecule has 122 valence electrons. The number of benzene rings is 2. The standard InChI is InChI=1S/C18H20BrNO3/c1-4-17(12-5-7-13(22-2)8-6-12)20-18(21)15-11-14(23-3)9-10-16(15)19/h5-11,17H,4H2,1-3H3,(H,20,21). The predicted molar refractivity (Wildman–Crippen MR) is 94.2 cm³/mol. The highest BCUT2D eigenvalue weighted by Gasteiger charge is 2.17. The van der Waals surface area contributed by atoms with Crippen LogP contribution in [0.15, 0.2) is 46.9 Å². The Kier molecular flexibility index (Phi) is 6.04. The molecule has 0 aliphatic carbocycles. The van der Waals surface area contributed by atoms with E-state index in [9.17, 15) is 4.79 Å². The van der Waals surface area contributed by atoms with Gasteiger partial charge in [-0.15, -0.1) is 0 Å². The first-order valence-electron chi connectivity index (χ1n) is 7.37. The first kappa shape index (κ1) is 17.3. The Morgan fingerprint density at radius 3 is 2.26 bits per heavy atom. The van der Waals surface area contributed by atoms with Crippen molar-refractivity contribution in [2.24, 2.45) is 0 Å². The fourth-order valence-corrected chi connectivity index (χ4v) is 2.73. The molecule has 4 nitrogen and oxygen atoms in total. The topological polar surface area (TPSA) is 47.6 Å². The first-order chi connectivity index (χ1) is 11.1. The van der Waals surface area contributed by atoms with Crippen LogP contribution in [0.2, 0.25) is 0 Å². The average Bonchev–Trinajstić information content (AvgIpc) is 2.60. The molecule has 0 aliphatic rings. The van der Waals surface area contributed by atoms with Crippen LogP contribution >= 0.6 is 15.9 Å². The molecule has 2 rings (SSSR count). The molecule has 2 aromatic carbocycles. The predicted octanol–water partition coefficient (Wildman–Crippen LogP) is 4.35. The Labute approximate surface area is 144 Å². The quantitative estimate of drug-likeness (QED) is 0.813. The van der Waals surface area contributed by atoms with Gasteiger partial charge in [-0.2, -0.15) is 0 Å². The van der Waals surface area contributed by atoms with Gasteiger partial charge in [0.2, 0.25) is 0 Å². The number of carbonyl (C=O) groups is 1. The van der Waals surface area contributed by atoms with Gasteiger partial charge in [0.15, 0.2) is 0 Å². The van der Waals surface area contributed by atoms with Crippen molar-refractivity contribution in [1.82, 2.24) is 5.32 Å². The summed E-state index contributed by atoms with van der Waals surface area (Å²) in [6, 6.07) is 13.0. The van der Waals surface area contributed by atoms with Gasteiger partial charge < -0.3 is 14.8 Å². The highest BCUT2D eigenvalue weighted by Crippen LogP contribution is 2.25. The Hall–Kier alpha value is -2.01. The fraction of sp³-hybridized carbons (Fsp3) is 0.278. The number of amides is 1. The molecule has 0 saturated heterocycles. The molecular formula is C18H20BrNO3. The zero-order valence-corrected chi connectivity index (χ0v) is 15.0. The van der Waals surface area contributed by atoms with Gasteiger partial charge in [-0.3, -0.25) is 4.79 Å². The third kappa shape index (κ3) is 4.26. The molecule has 1 amide bonds. The van der Waals surface area contributed by atoms with Crippen molar-refractivity contribution < 1.29 is 14.3 Å². The number of carbonyl (C=O) groups excluding carboxylic acids is 1. The maximum atomic E-state index is 12.6. The van der Waals surface area contributed by atoms with Crippen LogP contribution in [0, 0.1) is 0 Å². The summed E-state index contributed by atoms with van der Waals surface area (Å²) in [5.41, 5.74) is 1.59. The molecule has 5 heteroatoms. The molecule has 1 N–H and O–H groups in total. The molecule has 23 heavy (non-hydrogen) atoms. The third-order valence-corrected chi connectivity index (χ3v) is 4.34. The van der Waals surface area contributed by atoms with Crippen molar-refractivity contribution in [2.75, 3.05) is 14.2 Å². The number of rotatable bonds is 6. The Morgan fingerprint density at radius 2 is 1.70 bits per heavy atom. The molecule has 0 radical (unpaired) electrons. The van der Waals surface area contributed by atoms with Gasteiger partial charge in [0.1, 0.15) is 11.5 Å². The summed E-state index contributed by atoms with van der Waals surface area (Å²) < 4.78 is 11.1. The lowest BCUT2D eigenvalue weighted by Gasteiger charge is -2.18. The summed E-state index contributed by atoms with van der Waals surface area (Å²) in [6.07, 6.45) is 0.791. The van der Waals surface area contributed by atoms with E-state index in [0.29, 0.717) is 11.3 Å². The van der Waals surface area contributed by atoms with Crippen molar-refractivity contribution in [3.8, 4) is 11.5 Å². The van der Waals surface area contributed by atoms with E-state index in [1.807, 2.05) is 43.3 Å². The van der Waals surface area contributed by atoms with Gasteiger partial charge in [-0.25, -0.2) is 0 Å². The van der Waals surface area contributed by atoms with Gasteiger partial charge in [0, 0.05) is 4.47 Å². The summed E-state index contributed by atoms with van der Waals surface area (Å²) in [5.74, 6) is 1.31. The van der Waals surface area contributed by atoms with Crippen molar-refractivity contribution in [1.29, 1.82) is 0 Å². The van der Waals surface area contributed by atoms with E-state index in [1.165, 1.54) is 0 Å². The fourth-order valence-electron chi connectivity index (χ4n) is 2.30. The molecule has 0 saturated carbocycles. The van der Waals surface area contributed by atoms with Gasteiger partial charge in [0.25, 0.3) is 5.91 Å². The molecule has 0 heterocycles. The summed E-state index contributed by atoms with van der Waals surface area (Å²) >= 11 is 3.41. The number of ether oxygens (including phenoxy) is 2. The maximum Gasteiger partial charge on any atom is 0.253 e. The molecule has 2 aromatic rings. The van der Waals surface area contributed by atoms with Gasteiger partial charge in [-0.1, -0.05) is 19.1 Å². The number of hydrogen-bond acceptors (Lipinski definition) is 3. The summed E-state index contributed by atoms with van der Waals surface area (Å²) in [5, 5.41) is 3.06. The highest BCUT2D eigenvalue weighted by molar-refractivity contribution is 9.10. The minimum Gasteiger partial charge on any atom is -0.497 e. The molecule has 0 bridgehead atoms. The Morgan fingerprint density at radius 1 is 1.09 bits per heavy atom. The van der Waals surface area contributed by atoms with Gasteiger partial charge in [-0.05, 0) is 58.2 Å². The molecule has 0 spiro atoms. The first-order valence-corrected chi connectivity index (χ1v) is 8.16. The highest BCUT2D eigenvalue weighted by atomic mass is 79.9. The van der Waals surface area contributed by atoms with Crippen molar-refractivity contribution in [2.45, 2.75) is 19.4 Å². The molecule has 1 unspecified atom stereocenters. The molecule has 1 atom stereocenters. The van der Waals surface area contributed by atoms with Crippen molar-refractivity contribution in [3.05, 3.63) is 58.1 Å². The lowest BCUT2D eigenvalue weighted by molar-refractivity contribution is 0.0934. The normalized spacial score (nSPS) is 11.7. The summed E-state index contributed by atoms with van der Waals surface area (Å²) in [7, 11) is 3.21. The molecule has 0 fully saturated rings. The third-order valence-electron chi connectivity index (χ3n) is 3.65. The summed E-state index contributed by atoms with van der Waals surface area (Å²) in [6.45, 7) is 2.04. The SMILES string of the molecule is CCC(NC(=O)c1cc(OC)ccc1Br)c1ccc(OC)cc1. The monoisotopic (exact) mass is 377 g/mol. The van der Waals surface area contributed by atoms with Gasteiger partial charge in [0.05, 0.1) is 25.8 Å². The van der Waals surface area contributed by atoms with Crippen LogP contribution in [0.3, 0.4) is 0 Å². The number of methoxy groups -OCH3 is 2. The van der Waals surface area contributed by atoms with Gasteiger partial charge >= 0.3 is 0 Å². The van der Waals surface area contributed by atoms with E-state index in [-0.39, 0.29) is 11.9 Å². The van der Waals surface area contributed by atoms with E-state index >= 15 is 0 Å². The van der Waals surface area contributed by atoms with E-state index in [0.717, 1.165) is 22.2 Å². The Balaban J connectivity index is 2.19. The number of hydrogen-bond donors (Lipinski definition) is 1. The average molecular weight is 378 g/mol. The molecular weight excluding hydrogens is 358 g/mol. The minimum absolute atomic E-state index is 0.0634. The lowest BCUT2D eigenvalue weighted by atomic mass is 10.0. The van der Waals surface area contributed by atoms with Crippen molar-refractivity contribution in [3.63, 3.8) is 0 Å². The summed E-state index contributed by atoms with van der Waals surface area (Å²) in [4.78, 5) is 12.6. The maximum absolute atomic E-state index is 12.6. The van der Waals surface area contributed by atoms with Crippen LogP contribution in [-0.2, 0) is 0 Å². The zero-order chi connectivity index (χ0) is 16.8. The Bertz CT molecular complexity index is 670. The molecule has 0 aliphatic heterocycles. The van der Waals surface area contributed by atoms with E-state index < -0.39 is 0 Å². The minimum atomic E-state index is -0.140. The second-order valence-corrected chi connectivity index (χ2v) is 5.91.